The lowest BCUT2D eigenvalue weighted by Crippen LogP contribution is -2.30. The van der Waals surface area contributed by atoms with Gasteiger partial charge in [0, 0.05) is 18.8 Å². The van der Waals surface area contributed by atoms with E-state index in [4.69, 9.17) is 4.74 Å². The molecule has 30 heavy (non-hydrogen) atoms. The molecule has 0 aliphatic rings. The van der Waals surface area contributed by atoms with Crippen LogP contribution in [0.4, 0.5) is 20.2 Å². The number of amides is 1. The Hall–Kier alpha value is -2.98. The zero-order valence-corrected chi connectivity index (χ0v) is 17.6. The van der Waals surface area contributed by atoms with Crippen molar-refractivity contribution in [2.24, 2.45) is 0 Å². The summed E-state index contributed by atoms with van der Waals surface area (Å²) >= 11 is 1.13. The third kappa shape index (κ3) is 4.77. The van der Waals surface area contributed by atoms with Crippen molar-refractivity contribution in [3.05, 3.63) is 71.6 Å². The van der Waals surface area contributed by atoms with E-state index < -0.39 is 33.7 Å². The predicted molar refractivity (Wildman–Crippen MR) is 111 cm³/mol. The van der Waals surface area contributed by atoms with E-state index in [0.717, 1.165) is 27.8 Å². The van der Waals surface area contributed by atoms with E-state index in [1.807, 2.05) is 0 Å². The SMILES string of the molecule is C[C@@H](Oc1ccc(N(C)S(=O)(=O)c2cccs2)cc1)C(=O)Nc1ccc(F)c(F)c1. The van der Waals surface area contributed by atoms with Gasteiger partial charge in [0.2, 0.25) is 0 Å². The molecule has 0 aliphatic heterocycles. The molecule has 0 unspecified atom stereocenters. The summed E-state index contributed by atoms with van der Waals surface area (Å²) in [6.45, 7) is 1.50. The molecular weight excluding hydrogens is 434 g/mol. The van der Waals surface area contributed by atoms with Gasteiger partial charge in [-0.25, -0.2) is 17.2 Å². The minimum absolute atomic E-state index is 0.102. The van der Waals surface area contributed by atoms with Crippen LogP contribution in [-0.4, -0.2) is 27.5 Å². The second-order valence-electron chi connectivity index (χ2n) is 6.28. The maximum absolute atomic E-state index is 13.3. The summed E-state index contributed by atoms with van der Waals surface area (Å²) in [5, 5.41) is 4.12. The molecule has 0 fully saturated rings. The summed E-state index contributed by atoms with van der Waals surface area (Å²) in [5.41, 5.74) is 0.528. The fourth-order valence-corrected chi connectivity index (χ4v) is 4.85. The van der Waals surface area contributed by atoms with E-state index in [-0.39, 0.29) is 9.90 Å². The quantitative estimate of drug-likeness (QED) is 0.581. The fourth-order valence-electron chi connectivity index (χ4n) is 2.49. The maximum atomic E-state index is 13.3. The zero-order valence-electron chi connectivity index (χ0n) is 16.0. The summed E-state index contributed by atoms with van der Waals surface area (Å²) in [6, 6.07) is 12.4. The standard InChI is InChI=1S/C20H18F2N2O4S2/c1-13(20(25)23-14-5-10-17(21)18(22)12-14)28-16-8-6-15(7-9-16)24(2)30(26,27)19-4-3-11-29-19/h3-13H,1-2H3,(H,23,25)/t13-/m1/s1. The Morgan fingerprint density at radius 2 is 1.80 bits per heavy atom. The molecule has 0 aliphatic carbocycles. The van der Waals surface area contributed by atoms with Gasteiger partial charge < -0.3 is 10.1 Å². The number of nitrogens with one attached hydrogen (secondary N) is 1. The highest BCUT2D eigenvalue weighted by Gasteiger charge is 2.22. The highest BCUT2D eigenvalue weighted by molar-refractivity contribution is 7.94. The Bertz CT molecular complexity index is 1130. The van der Waals surface area contributed by atoms with Crippen molar-refractivity contribution in [3.8, 4) is 5.75 Å². The molecule has 1 heterocycles. The lowest BCUT2D eigenvalue weighted by atomic mass is 10.2. The normalized spacial score (nSPS) is 12.3. The summed E-state index contributed by atoms with van der Waals surface area (Å²) < 4.78 is 58.3. The lowest BCUT2D eigenvalue weighted by Gasteiger charge is -2.19. The molecule has 3 aromatic rings. The van der Waals surface area contributed by atoms with Gasteiger partial charge in [-0.3, -0.25) is 9.10 Å². The summed E-state index contributed by atoms with van der Waals surface area (Å²) in [5.74, 6) is -2.29. The molecule has 2 aromatic carbocycles. The number of ether oxygens (including phenoxy) is 1. The number of sulfonamides is 1. The Morgan fingerprint density at radius 1 is 1.10 bits per heavy atom. The van der Waals surface area contributed by atoms with Crippen molar-refractivity contribution in [3.63, 3.8) is 0 Å². The first-order valence-electron chi connectivity index (χ1n) is 8.73. The summed E-state index contributed by atoms with van der Waals surface area (Å²) in [7, 11) is -2.20. The smallest absolute Gasteiger partial charge is 0.273 e. The molecule has 1 atom stereocenters. The number of halogens is 2. The van der Waals surface area contributed by atoms with Crippen LogP contribution in [0.25, 0.3) is 0 Å². The van der Waals surface area contributed by atoms with Crippen molar-refractivity contribution >= 4 is 38.6 Å². The molecule has 6 nitrogen and oxygen atoms in total. The van der Waals surface area contributed by atoms with Gasteiger partial charge in [0.1, 0.15) is 9.96 Å². The van der Waals surface area contributed by atoms with Crippen molar-refractivity contribution in [2.45, 2.75) is 17.2 Å². The largest absolute Gasteiger partial charge is 0.481 e. The number of anilines is 2. The number of carbonyl (C=O) groups excluding carboxylic acids is 1. The highest BCUT2D eigenvalue weighted by atomic mass is 32.2. The summed E-state index contributed by atoms with van der Waals surface area (Å²) in [6.07, 6.45) is -0.934. The molecule has 1 amide bonds. The Morgan fingerprint density at radius 3 is 2.40 bits per heavy atom. The van der Waals surface area contributed by atoms with Gasteiger partial charge in [-0.15, -0.1) is 11.3 Å². The van der Waals surface area contributed by atoms with Crippen LogP contribution in [0.3, 0.4) is 0 Å². The number of hydrogen-bond acceptors (Lipinski definition) is 5. The molecule has 158 valence electrons. The Labute approximate surface area is 176 Å². The molecule has 0 bridgehead atoms. The second-order valence-corrected chi connectivity index (χ2v) is 9.42. The fraction of sp³-hybridized carbons (Fsp3) is 0.150. The molecule has 1 N–H and O–H groups in total. The first-order chi connectivity index (χ1) is 14.2. The maximum Gasteiger partial charge on any atom is 0.273 e. The van der Waals surface area contributed by atoms with E-state index in [0.29, 0.717) is 11.4 Å². The molecule has 1 aromatic heterocycles. The van der Waals surface area contributed by atoms with Gasteiger partial charge in [-0.2, -0.15) is 0 Å². The van der Waals surface area contributed by atoms with E-state index in [2.05, 4.69) is 5.32 Å². The van der Waals surface area contributed by atoms with Crippen LogP contribution < -0.4 is 14.4 Å². The first kappa shape index (κ1) is 21.7. The minimum atomic E-state index is -3.65. The van der Waals surface area contributed by atoms with Crippen molar-refractivity contribution in [1.29, 1.82) is 0 Å². The number of benzene rings is 2. The molecule has 0 radical (unpaired) electrons. The number of nitrogens with zero attached hydrogens (tertiary/aromatic N) is 1. The monoisotopic (exact) mass is 452 g/mol. The van der Waals surface area contributed by atoms with Crippen LogP contribution in [0.5, 0.6) is 5.75 Å². The number of hydrogen-bond donors (Lipinski definition) is 1. The summed E-state index contributed by atoms with van der Waals surface area (Å²) in [4.78, 5) is 12.2. The van der Waals surface area contributed by atoms with Crippen LogP contribution in [0.1, 0.15) is 6.92 Å². The van der Waals surface area contributed by atoms with E-state index in [9.17, 15) is 22.0 Å². The van der Waals surface area contributed by atoms with Crippen LogP contribution in [0.2, 0.25) is 0 Å². The van der Waals surface area contributed by atoms with Crippen molar-refractivity contribution < 1.29 is 26.7 Å². The first-order valence-corrected chi connectivity index (χ1v) is 11.1. The van der Waals surface area contributed by atoms with Gasteiger partial charge >= 0.3 is 0 Å². The molecule has 0 saturated carbocycles. The Kier molecular flexibility index (Phi) is 6.37. The average molecular weight is 453 g/mol. The van der Waals surface area contributed by atoms with Crippen molar-refractivity contribution in [1.82, 2.24) is 0 Å². The van der Waals surface area contributed by atoms with Gasteiger partial charge in [-0.05, 0) is 54.8 Å². The number of rotatable bonds is 7. The Balaban J connectivity index is 1.64. The molecular formula is C20H18F2N2O4S2. The third-order valence-corrected chi connectivity index (χ3v) is 7.34. The van der Waals surface area contributed by atoms with Gasteiger partial charge in [0.05, 0.1) is 5.69 Å². The van der Waals surface area contributed by atoms with E-state index in [1.54, 1.807) is 23.6 Å². The topological polar surface area (TPSA) is 75.7 Å². The molecule has 0 saturated heterocycles. The van der Waals surface area contributed by atoms with Gasteiger partial charge in [0.25, 0.3) is 15.9 Å². The molecule has 10 heteroatoms. The number of thiophene rings is 1. The van der Waals surface area contributed by atoms with Crippen molar-refractivity contribution in [2.75, 3.05) is 16.7 Å². The van der Waals surface area contributed by atoms with Crippen LogP contribution in [0, 0.1) is 11.6 Å². The van der Waals surface area contributed by atoms with Crippen LogP contribution in [-0.2, 0) is 14.8 Å². The second kappa shape index (κ2) is 8.80. The molecule has 3 rings (SSSR count). The third-order valence-electron chi connectivity index (χ3n) is 4.18. The zero-order chi connectivity index (χ0) is 21.9. The minimum Gasteiger partial charge on any atom is -0.481 e. The predicted octanol–water partition coefficient (Wildman–Crippen LogP) is 4.26. The molecule has 0 spiro atoms. The lowest BCUT2D eigenvalue weighted by molar-refractivity contribution is -0.122. The van der Waals surface area contributed by atoms with E-state index in [1.165, 1.54) is 38.2 Å². The van der Waals surface area contributed by atoms with Crippen LogP contribution in [0.15, 0.2) is 64.2 Å². The van der Waals surface area contributed by atoms with E-state index >= 15 is 0 Å². The highest BCUT2D eigenvalue weighted by Crippen LogP contribution is 2.27. The average Bonchev–Trinajstić information content (AvgIpc) is 3.26. The number of carbonyl (C=O) groups is 1. The van der Waals surface area contributed by atoms with Gasteiger partial charge in [-0.1, -0.05) is 6.07 Å². The van der Waals surface area contributed by atoms with Crippen LogP contribution >= 0.6 is 11.3 Å². The van der Waals surface area contributed by atoms with Gasteiger partial charge in [0.15, 0.2) is 17.7 Å².